The fraction of sp³-hybridized carbons (Fsp3) is 0.368. The van der Waals surface area contributed by atoms with E-state index in [0.717, 1.165) is 11.5 Å². The fourth-order valence-corrected chi connectivity index (χ4v) is 2.88. The Hall–Kier alpha value is -2.56. The topological polar surface area (TPSA) is 85.3 Å². The van der Waals surface area contributed by atoms with E-state index < -0.39 is 11.9 Å². The van der Waals surface area contributed by atoms with Crippen LogP contribution in [0.4, 0.5) is 0 Å². The molecule has 3 N–H and O–H groups in total. The highest BCUT2D eigenvalue weighted by molar-refractivity contribution is 5.87. The monoisotopic (exact) mass is 326 g/mol. The van der Waals surface area contributed by atoms with Crippen molar-refractivity contribution in [2.24, 2.45) is 11.7 Å². The van der Waals surface area contributed by atoms with Crippen molar-refractivity contribution in [3.8, 4) is 0 Å². The number of aryl methyl sites for hydroxylation is 1. The highest BCUT2D eigenvalue weighted by atomic mass is 16.3. The summed E-state index contributed by atoms with van der Waals surface area (Å²) < 4.78 is 5.79. The van der Waals surface area contributed by atoms with Crippen molar-refractivity contribution in [1.82, 2.24) is 5.32 Å². The molecule has 1 aromatic carbocycles. The van der Waals surface area contributed by atoms with E-state index in [4.69, 9.17) is 10.2 Å². The zero-order valence-electron chi connectivity index (χ0n) is 13.7. The van der Waals surface area contributed by atoms with Crippen LogP contribution < -0.4 is 11.1 Å². The molecule has 2 aromatic rings. The number of hydrogen-bond acceptors (Lipinski definition) is 3. The molecule has 5 heteroatoms. The van der Waals surface area contributed by atoms with E-state index in [1.165, 1.54) is 6.42 Å². The number of primary amides is 1. The Morgan fingerprint density at radius 1 is 1.25 bits per heavy atom. The first kappa shape index (κ1) is 16.3. The largest absolute Gasteiger partial charge is 0.466 e. The standard InChI is InChI=1S/C19H22N2O3/c1-12-11-15(12)16-9-7-14(24-16)8-10-17(22)21-18(19(20)23)13-5-3-2-4-6-13/h2-7,9,12,15,18H,8,10-11H2,1H3,(H2,20,23)(H,21,22)/t12-,15+,18-/m1/s1. The molecule has 1 aromatic heterocycles. The zero-order chi connectivity index (χ0) is 17.1. The summed E-state index contributed by atoms with van der Waals surface area (Å²) in [5, 5.41) is 2.70. The lowest BCUT2D eigenvalue weighted by Crippen LogP contribution is -2.37. The molecule has 0 aliphatic heterocycles. The van der Waals surface area contributed by atoms with E-state index in [9.17, 15) is 9.59 Å². The second kappa shape index (κ2) is 6.91. The van der Waals surface area contributed by atoms with Gasteiger partial charge in [-0.2, -0.15) is 0 Å². The average Bonchev–Trinajstić information content (AvgIpc) is 3.11. The summed E-state index contributed by atoms with van der Waals surface area (Å²) in [6.07, 6.45) is 1.93. The molecule has 3 atom stereocenters. The second-order valence-electron chi connectivity index (χ2n) is 6.44. The Bertz CT molecular complexity index is 723. The maximum absolute atomic E-state index is 12.1. The van der Waals surface area contributed by atoms with Gasteiger partial charge in [-0.1, -0.05) is 37.3 Å². The molecule has 1 saturated carbocycles. The van der Waals surface area contributed by atoms with Gasteiger partial charge in [0, 0.05) is 18.8 Å². The summed E-state index contributed by atoms with van der Waals surface area (Å²) in [5.74, 6) is 2.24. The molecular weight excluding hydrogens is 304 g/mol. The van der Waals surface area contributed by atoms with Crippen LogP contribution in [0.3, 0.4) is 0 Å². The molecule has 126 valence electrons. The SMILES string of the molecule is C[C@@H]1C[C@@H]1c1ccc(CCC(=O)N[C@@H](C(N)=O)c2ccccc2)o1. The summed E-state index contributed by atoms with van der Waals surface area (Å²) in [4.78, 5) is 23.8. The van der Waals surface area contributed by atoms with Crippen molar-refractivity contribution in [1.29, 1.82) is 0 Å². The summed E-state index contributed by atoms with van der Waals surface area (Å²) in [6, 6.07) is 12.1. The van der Waals surface area contributed by atoms with E-state index in [0.29, 0.717) is 23.8 Å². The molecule has 24 heavy (non-hydrogen) atoms. The van der Waals surface area contributed by atoms with Gasteiger partial charge in [-0.15, -0.1) is 0 Å². The number of furan rings is 1. The van der Waals surface area contributed by atoms with Crippen LogP contribution in [-0.4, -0.2) is 11.8 Å². The predicted octanol–water partition coefficient (Wildman–Crippen LogP) is 2.68. The molecule has 1 aliphatic rings. The van der Waals surface area contributed by atoms with Crippen molar-refractivity contribution in [3.63, 3.8) is 0 Å². The number of hydrogen-bond donors (Lipinski definition) is 2. The zero-order valence-corrected chi connectivity index (χ0v) is 13.7. The molecule has 1 aliphatic carbocycles. The van der Waals surface area contributed by atoms with Gasteiger partial charge in [0.2, 0.25) is 11.8 Å². The third-order valence-corrected chi connectivity index (χ3v) is 4.48. The van der Waals surface area contributed by atoms with Gasteiger partial charge in [0.1, 0.15) is 17.6 Å². The summed E-state index contributed by atoms with van der Waals surface area (Å²) in [5.41, 5.74) is 6.09. The Morgan fingerprint density at radius 2 is 1.96 bits per heavy atom. The minimum atomic E-state index is -0.807. The summed E-state index contributed by atoms with van der Waals surface area (Å²) in [7, 11) is 0. The van der Waals surface area contributed by atoms with E-state index in [2.05, 4.69) is 12.2 Å². The third-order valence-electron chi connectivity index (χ3n) is 4.48. The number of amides is 2. The molecule has 0 bridgehead atoms. The highest BCUT2D eigenvalue weighted by Gasteiger charge is 2.36. The first-order valence-electron chi connectivity index (χ1n) is 8.27. The van der Waals surface area contributed by atoms with Crippen LogP contribution in [0.1, 0.15) is 48.8 Å². The van der Waals surface area contributed by atoms with Crippen LogP contribution in [-0.2, 0) is 16.0 Å². The van der Waals surface area contributed by atoms with Gasteiger partial charge in [-0.25, -0.2) is 0 Å². The number of carbonyl (C=O) groups excluding carboxylic acids is 2. The van der Waals surface area contributed by atoms with Crippen LogP contribution >= 0.6 is 0 Å². The van der Waals surface area contributed by atoms with Crippen LogP contribution in [0, 0.1) is 5.92 Å². The fourth-order valence-electron chi connectivity index (χ4n) is 2.88. The van der Waals surface area contributed by atoms with E-state index in [1.807, 2.05) is 18.2 Å². The Kier molecular flexibility index (Phi) is 4.69. The first-order chi connectivity index (χ1) is 11.5. The number of carbonyl (C=O) groups is 2. The van der Waals surface area contributed by atoms with E-state index in [1.54, 1.807) is 24.3 Å². The summed E-state index contributed by atoms with van der Waals surface area (Å²) in [6.45, 7) is 2.20. The van der Waals surface area contributed by atoms with Crippen LogP contribution in [0.5, 0.6) is 0 Å². The Labute approximate surface area is 141 Å². The second-order valence-corrected chi connectivity index (χ2v) is 6.44. The van der Waals surface area contributed by atoms with E-state index >= 15 is 0 Å². The minimum absolute atomic E-state index is 0.222. The first-order valence-corrected chi connectivity index (χ1v) is 8.27. The summed E-state index contributed by atoms with van der Waals surface area (Å²) >= 11 is 0. The Balaban J connectivity index is 1.54. The van der Waals surface area contributed by atoms with Gasteiger partial charge in [0.25, 0.3) is 0 Å². The van der Waals surface area contributed by atoms with Gasteiger partial charge in [0.05, 0.1) is 0 Å². The Morgan fingerprint density at radius 3 is 2.58 bits per heavy atom. The quantitative estimate of drug-likeness (QED) is 0.820. The highest BCUT2D eigenvalue weighted by Crippen LogP contribution is 2.47. The molecule has 0 spiro atoms. The van der Waals surface area contributed by atoms with E-state index in [-0.39, 0.29) is 12.3 Å². The van der Waals surface area contributed by atoms with Crippen LogP contribution in [0.15, 0.2) is 46.9 Å². The molecule has 3 rings (SSSR count). The lowest BCUT2D eigenvalue weighted by atomic mass is 10.1. The number of nitrogens with two attached hydrogens (primary N) is 1. The number of rotatable bonds is 7. The molecular formula is C19H22N2O3. The van der Waals surface area contributed by atoms with Gasteiger partial charge < -0.3 is 15.5 Å². The van der Waals surface area contributed by atoms with Crippen molar-refractivity contribution < 1.29 is 14.0 Å². The predicted molar refractivity (Wildman–Crippen MR) is 90.1 cm³/mol. The smallest absolute Gasteiger partial charge is 0.244 e. The van der Waals surface area contributed by atoms with Gasteiger partial charge >= 0.3 is 0 Å². The number of benzene rings is 1. The molecule has 2 amide bonds. The van der Waals surface area contributed by atoms with Crippen molar-refractivity contribution in [2.75, 3.05) is 0 Å². The van der Waals surface area contributed by atoms with Crippen LogP contribution in [0.25, 0.3) is 0 Å². The van der Waals surface area contributed by atoms with Crippen molar-refractivity contribution in [2.45, 2.75) is 38.1 Å². The molecule has 0 radical (unpaired) electrons. The lowest BCUT2D eigenvalue weighted by Gasteiger charge is -2.15. The van der Waals surface area contributed by atoms with Gasteiger partial charge in [-0.05, 0) is 30.0 Å². The molecule has 1 heterocycles. The van der Waals surface area contributed by atoms with Gasteiger partial charge in [0.15, 0.2) is 0 Å². The molecule has 0 saturated heterocycles. The average molecular weight is 326 g/mol. The molecule has 1 fully saturated rings. The lowest BCUT2D eigenvalue weighted by molar-refractivity contribution is -0.127. The van der Waals surface area contributed by atoms with Crippen LogP contribution in [0.2, 0.25) is 0 Å². The maximum Gasteiger partial charge on any atom is 0.244 e. The van der Waals surface area contributed by atoms with Crippen molar-refractivity contribution >= 4 is 11.8 Å². The number of nitrogens with one attached hydrogen (secondary N) is 1. The normalized spacial score (nSPS) is 20.4. The third kappa shape index (κ3) is 3.85. The minimum Gasteiger partial charge on any atom is -0.466 e. The maximum atomic E-state index is 12.1. The van der Waals surface area contributed by atoms with Crippen molar-refractivity contribution in [3.05, 3.63) is 59.5 Å². The van der Waals surface area contributed by atoms with Gasteiger partial charge in [-0.3, -0.25) is 9.59 Å². The molecule has 0 unspecified atom stereocenters. The molecule has 5 nitrogen and oxygen atoms in total.